The molecule has 0 saturated heterocycles. The zero-order valence-electron chi connectivity index (χ0n) is 13.0. The van der Waals surface area contributed by atoms with Gasteiger partial charge in [-0.1, -0.05) is 41.9 Å². The minimum atomic E-state index is -3.84. The molecule has 1 heterocycles. The van der Waals surface area contributed by atoms with E-state index in [1.165, 1.54) is 36.4 Å². The molecule has 0 aliphatic carbocycles. The summed E-state index contributed by atoms with van der Waals surface area (Å²) in [6.45, 7) is 0.319. The van der Waals surface area contributed by atoms with E-state index in [-0.39, 0.29) is 15.7 Å². The van der Waals surface area contributed by atoms with Gasteiger partial charge >= 0.3 is 0 Å². The Bertz CT molecular complexity index is 979. The van der Waals surface area contributed by atoms with E-state index in [1.807, 2.05) is 30.3 Å². The molecular formula is C18H14ClNO4S. The first-order valence-electron chi connectivity index (χ1n) is 7.39. The summed E-state index contributed by atoms with van der Waals surface area (Å²) in [5.74, 6) is -0.551. The summed E-state index contributed by atoms with van der Waals surface area (Å²) in [4.78, 5) is 12.2. The second-order valence-corrected chi connectivity index (χ2v) is 7.56. The van der Waals surface area contributed by atoms with E-state index in [4.69, 9.17) is 16.0 Å². The quantitative estimate of drug-likeness (QED) is 0.737. The van der Waals surface area contributed by atoms with Gasteiger partial charge in [0, 0.05) is 11.6 Å². The Labute approximate surface area is 150 Å². The molecule has 0 aliphatic rings. The lowest BCUT2D eigenvalue weighted by Gasteiger charge is -2.03. The summed E-state index contributed by atoms with van der Waals surface area (Å²) >= 11 is 5.77. The number of hydrogen-bond acceptors (Lipinski definition) is 4. The molecular weight excluding hydrogens is 362 g/mol. The molecule has 3 aromatic rings. The molecule has 0 atom stereocenters. The Hall–Kier alpha value is -2.57. The lowest BCUT2D eigenvalue weighted by atomic mass is 10.2. The molecule has 0 radical (unpaired) electrons. The van der Waals surface area contributed by atoms with Gasteiger partial charge in [0.2, 0.25) is 14.9 Å². The van der Waals surface area contributed by atoms with Gasteiger partial charge in [0.25, 0.3) is 5.91 Å². The van der Waals surface area contributed by atoms with Crippen molar-refractivity contribution in [2.75, 3.05) is 0 Å². The molecule has 128 valence electrons. The monoisotopic (exact) mass is 375 g/mol. The maximum atomic E-state index is 12.5. The van der Waals surface area contributed by atoms with Crippen LogP contribution in [0.25, 0.3) is 0 Å². The number of nitrogens with one attached hydrogen (secondary N) is 1. The van der Waals surface area contributed by atoms with Crippen molar-refractivity contribution >= 4 is 27.3 Å². The van der Waals surface area contributed by atoms with Gasteiger partial charge in [0.05, 0.1) is 4.90 Å². The molecule has 0 saturated carbocycles. The summed E-state index contributed by atoms with van der Waals surface area (Å²) in [6, 6.07) is 17.7. The van der Waals surface area contributed by atoms with Crippen LogP contribution < -0.4 is 5.32 Å². The number of hydrogen-bond donors (Lipinski definition) is 1. The van der Waals surface area contributed by atoms with Gasteiger partial charge in [0.15, 0.2) is 5.76 Å². The highest BCUT2D eigenvalue weighted by atomic mass is 35.5. The highest BCUT2D eigenvalue weighted by Crippen LogP contribution is 2.24. The van der Waals surface area contributed by atoms with Gasteiger partial charge in [-0.25, -0.2) is 8.42 Å². The Balaban J connectivity index is 1.75. The first kappa shape index (κ1) is 17.3. The topological polar surface area (TPSA) is 76.4 Å². The van der Waals surface area contributed by atoms with E-state index in [2.05, 4.69) is 5.32 Å². The summed E-state index contributed by atoms with van der Waals surface area (Å²) in [7, 11) is -3.84. The number of amides is 1. The highest BCUT2D eigenvalue weighted by Gasteiger charge is 2.23. The first-order chi connectivity index (χ1) is 12.0. The van der Waals surface area contributed by atoms with Crippen LogP contribution in [0.5, 0.6) is 0 Å². The van der Waals surface area contributed by atoms with Crippen LogP contribution in [0.2, 0.25) is 5.02 Å². The van der Waals surface area contributed by atoms with Crippen molar-refractivity contribution in [3.05, 3.63) is 83.1 Å². The highest BCUT2D eigenvalue weighted by molar-refractivity contribution is 7.91. The second kappa shape index (κ2) is 7.13. The van der Waals surface area contributed by atoms with Crippen molar-refractivity contribution < 1.29 is 17.6 Å². The lowest BCUT2D eigenvalue weighted by Crippen LogP contribution is -2.22. The van der Waals surface area contributed by atoms with Gasteiger partial charge in [-0.05, 0) is 42.0 Å². The predicted molar refractivity (Wildman–Crippen MR) is 93.2 cm³/mol. The lowest BCUT2D eigenvalue weighted by molar-refractivity contribution is 0.0918. The number of rotatable bonds is 5. The average Bonchev–Trinajstić information content (AvgIpc) is 3.12. The van der Waals surface area contributed by atoms with Crippen LogP contribution in [0.3, 0.4) is 0 Å². The maximum Gasteiger partial charge on any atom is 0.287 e. The van der Waals surface area contributed by atoms with E-state index in [0.29, 0.717) is 11.6 Å². The zero-order valence-corrected chi connectivity index (χ0v) is 14.5. The molecule has 0 spiro atoms. The van der Waals surface area contributed by atoms with E-state index in [1.54, 1.807) is 0 Å². The minimum absolute atomic E-state index is 0.0440. The number of benzene rings is 2. The molecule has 5 nitrogen and oxygen atoms in total. The van der Waals surface area contributed by atoms with Gasteiger partial charge < -0.3 is 9.73 Å². The Morgan fingerprint density at radius 2 is 1.64 bits per heavy atom. The Morgan fingerprint density at radius 1 is 0.960 bits per heavy atom. The van der Waals surface area contributed by atoms with E-state index in [0.717, 1.165) is 5.56 Å². The van der Waals surface area contributed by atoms with Crippen molar-refractivity contribution in [2.45, 2.75) is 16.5 Å². The third-order valence-corrected chi connectivity index (χ3v) is 5.38. The number of furan rings is 1. The number of carbonyl (C=O) groups is 1. The summed E-state index contributed by atoms with van der Waals surface area (Å²) in [6.07, 6.45) is 0. The third kappa shape index (κ3) is 3.92. The molecule has 0 aliphatic heterocycles. The van der Waals surface area contributed by atoms with Crippen molar-refractivity contribution in [1.82, 2.24) is 5.32 Å². The number of halogens is 1. The second-order valence-electron chi connectivity index (χ2n) is 5.24. The first-order valence-corrected chi connectivity index (χ1v) is 9.25. The Morgan fingerprint density at radius 3 is 2.32 bits per heavy atom. The molecule has 0 unspecified atom stereocenters. The maximum absolute atomic E-state index is 12.5. The van der Waals surface area contributed by atoms with E-state index < -0.39 is 15.7 Å². The fourth-order valence-corrected chi connectivity index (χ4v) is 3.48. The normalized spacial score (nSPS) is 11.2. The predicted octanol–water partition coefficient (Wildman–Crippen LogP) is 3.70. The molecule has 1 amide bonds. The SMILES string of the molecule is O=C(NCc1ccccc1)c1ccc(S(=O)(=O)c2ccc(Cl)cc2)o1. The van der Waals surface area contributed by atoms with Crippen molar-refractivity contribution in [3.63, 3.8) is 0 Å². The molecule has 7 heteroatoms. The molecule has 1 aromatic heterocycles. The van der Waals surface area contributed by atoms with Crippen LogP contribution in [-0.2, 0) is 16.4 Å². The van der Waals surface area contributed by atoms with Gasteiger partial charge in [-0.3, -0.25) is 4.79 Å². The van der Waals surface area contributed by atoms with E-state index >= 15 is 0 Å². The van der Waals surface area contributed by atoms with Gasteiger partial charge in [-0.2, -0.15) is 0 Å². The molecule has 0 fully saturated rings. The van der Waals surface area contributed by atoms with Crippen LogP contribution >= 0.6 is 11.6 Å². The van der Waals surface area contributed by atoms with Crippen molar-refractivity contribution in [1.29, 1.82) is 0 Å². The standard InChI is InChI=1S/C18H14ClNO4S/c19-14-6-8-15(9-7-14)25(22,23)17-11-10-16(24-17)18(21)20-12-13-4-2-1-3-5-13/h1-11H,12H2,(H,20,21). The number of sulfone groups is 1. The van der Waals surface area contributed by atoms with Crippen LogP contribution in [-0.4, -0.2) is 14.3 Å². The zero-order chi connectivity index (χ0) is 17.9. The van der Waals surface area contributed by atoms with Crippen LogP contribution in [0, 0.1) is 0 Å². The fraction of sp³-hybridized carbons (Fsp3) is 0.0556. The summed E-state index contributed by atoms with van der Waals surface area (Å²) < 4.78 is 30.2. The summed E-state index contributed by atoms with van der Waals surface area (Å²) in [5.41, 5.74) is 0.927. The van der Waals surface area contributed by atoms with Crippen molar-refractivity contribution in [3.8, 4) is 0 Å². The Kier molecular flexibility index (Phi) is 4.92. The van der Waals surface area contributed by atoms with Crippen LogP contribution in [0.1, 0.15) is 16.1 Å². The van der Waals surface area contributed by atoms with Crippen molar-refractivity contribution in [2.24, 2.45) is 0 Å². The van der Waals surface area contributed by atoms with Gasteiger partial charge in [-0.15, -0.1) is 0 Å². The minimum Gasteiger partial charge on any atom is -0.439 e. The van der Waals surface area contributed by atoms with E-state index in [9.17, 15) is 13.2 Å². The largest absolute Gasteiger partial charge is 0.439 e. The fourth-order valence-electron chi connectivity index (χ4n) is 2.18. The van der Waals surface area contributed by atoms with Gasteiger partial charge in [0.1, 0.15) is 0 Å². The smallest absolute Gasteiger partial charge is 0.287 e. The van der Waals surface area contributed by atoms with Crippen LogP contribution in [0.4, 0.5) is 0 Å². The van der Waals surface area contributed by atoms with Crippen LogP contribution in [0.15, 0.2) is 81.1 Å². The molecule has 1 N–H and O–H groups in total. The molecule has 0 bridgehead atoms. The average molecular weight is 376 g/mol. The molecule has 3 rings (SSSR count). The molecule has 25 heavy (non-hydrogen) atoms. The number of carbonyl (C=O) groups excluding carboxylic acids is 1. The molecule has 2 aromatic carbocycles. The summed E-state index contributed by atoms with van der Waals surface area (Å²) in [5, 5.41) is 2.82. The third-order valence-electron chi connectivity index (χ3n) is 3.49.